The van der Waals surface area contributed by atoms with E-state index >= 15 is 0 Å². The number of nitrogens with zero attached hydrogens (tertiary/aromatic N) is 1. The van der Waals surface area contributed by atoms with Crippen LogP contribution in [-0.4, -0.2) is 67.7 Å². The highest BCUT2D eigenvalue weighted by Gasteiger charge is 2.24. The minimum Gasteiger partial charge on any atom is -0.389 e. The monoisotopic (exact) mass is 320 g/mol. The number of hydrogen-bond acceptors (Lipinski definition) is 5. The lowest BCUT2D eigenvalue weighted by atomic mass is 10.2. The van der Waals surface area contributed by atoms with Gasteiger partial charge in [0, 0.05) is 38.0 Å². The lowest BCUT2D eigenvalue weighted by molar-refractivity contribution is -0.0236. The molecule has 0 spiro atoms. The molecular weight excluding hydrogens is 292 g/mol. The fraction of sp³-hybridized carbons (Fsp3) is 0.667. The molecule has 2 aliphatic heterocycles. The van der Waals surface area contributed by atoms with Crippen LogP contribution in [0.25, 0.3) is 0 Å². The Hall–Kier alpha value is -1.14. The smallest absolute Gasteiger partial charge is 0.0900 e. The maximum atomic E-state index is 10.1. The molecule has 5 heteroatoms. The highest BCUT2D eigenvalue weighted by atomic mass is 16.5. The van der Waals surface area contributed by atoms with Crippen molar-refractivity contribution in [3.8, 4) is 0 Å². The molecule has 5 nitrogen and oxygen atoms in total. The topological polar surface area (TPSA) is 54.0 Å². The minimum atomic E-state index is -0.424. The van der Waals surface area contributed by atoms with Gasteiger partial charge < -0.3 is 19.9 Å². The van der Waals surface area contributed by atoms with Gasteiger partial charge >= 0.3 is 0 Å². The van der Waals surface area contributed by atoms with Crippen LogP contribution in [0.4, 0.5) is 5.69 Å². The molecule has 0 amide bonds. The summed E-state index contributed by atoms with van der Waals surface area (Å²) in [6, 6.07) is 10.8. The molecule has 2 fully saturated rings. The van der Waals surface area contributed by atoms with Gasteiger partial charge in [-0.3, -0.25) is 4.90 Å². The number of aliphatic hydroxyl groups is 1. The minimum absolute atomic E-state index is 0.230. The first kappa shape index (κ1) is 16.7. The number of para-hydroxylation sites is 1. The number of benzene rings is 1. The van der Waals surface area contributed by atoms with Gasteiger partial charge in [0.1, 0.15) is 0 Å². The van der Waals surface area contributed by atoms with E-state index in [1.165, 1.54) is 5.69 Å². The van der Waals surface area contributed by atoms with Crippen molar-refractivity contribution in [3.63, 3.8) is 0 Å². The molecule has 128 valence electrons. The number of nitrogens with one attached hydrogen (secondary N) is 1. The maximum absolute atomic E-state index is 10.1. The van der Waals surface area contributed by atoms with Gasteiger partial charge in [0.05, 0.1) is 25.4 Å². The zero-order valence-electron chi connectivity index (χ0n) is 13.7. The van der Waals surface area contributed by atoms with Crippen molar-refractivity contribution < 1.29 is 14.6 Å². The largest absolute Gasteiger partial charge is 0.389 e. The number of β-amino-alcohol motifs (C(OH)–C–C–N with tert-alkyl or cyclic N) is 1. The second kappa shape index (κ2) is 8.64. The van der Waals surface area contributed by atoms with E-state index < -0.39 is 6.10 Å². The Bertz CT molecular complexity index is 451. The predicted molar refractivity (Wildman–Crippen MR) is 90.7 cm³/mol. The van der Waals surface area contributed by atoms with E-state index in [0.717, 1.165) is 39.0 Å². The lowest BCUT2D eigenvalue weighted by Crippen LogP contribution is -2.35. The molecule has 23 heavy (non-hydrogen) atoms. The summed E-state index contributed by atoms with van der Waals surface area (Å²) >= 11 is 0. The van der Waals surface area contributed by atoms with Gasteiger partial charge in [-0.2, -0.15) is 0 Å². The third-order valence-corrected chi connectivity index (χ3v) is 4.52. The highest BCUT2D eigenvalue weighted by molar-refractivity contribution is 5.43. The van der Waals surface area contributed by atoms with Gasteiger partial charge in [0.25, 0.3) is 0 Å². The summed E-state index contributed by atoms with van der Waals surface area (Å²) in [6.45, 7) is 4.52. The van der Waals surface area contributed by atoms with E-state index in [0.29, 0.717) is 25.8 Å². The lowest BCUT2D eigenvalue weighted by Gasteiger charge is -2.21. The summed E-state index contributed by atoms with van der Waals surface area (Å²) in [6.07, 6.45) is 3.12. The quantitative estimate of drug-likeness (QED) is 0.764. The Morgan fingerprint density at radius 1 is 1.30 bits per heavy atom. The maximum Gasteiger partial charge on any atom is 0.0900 e. The Kier molecular flexibility index (Phi) is 6.28. The zero-order valence-corrected chi connectivity index (χ0v) is 13.7. The number of aliphatic hydroxyl groups excluding tert-OH is 1. The fourth-order valence-electron chi connectivity index (χ4n) is 3.35. The van der Waals surface area contributed by atoms with Crippen LogP contribution < -0.4 is 5.32 Å². The van der Waals surface area contributed by atoms with E-state index in [9.17, 15) is 5.11 Å². The molecule has 0 aliphatic carbocycles. The average Bonchev–Trinajstić information content (AvgIpc) is 3.21. The molecule has 2 heterocycles. The molecule has 3 rings (SSSR count). The van der Waals surface area contributed by atoms with Crippen molar-refractivity contribution >= 4 is 5.69 Å². The summed E-state index contributed by atoms with van der Waals surface area (Å²) in [5.41, 5.74) is 1.17. The van der Waals surface area contributed by atoms with Gasteiger partial charge in [0.15, 0.2) is 0 Å². The Morgan fingerprint density at radius 2 is 2.17 bits per heavy atom. The summed E-state index contributed by atoms with van der Waals surface area (Å²) in [5, 5.41) is 13.7. The first-order valence-corrected chi connectivity index (χ1v) is 8.71. The summed E-state index contributed by atoms with van der Waals surface area (Å²) in [4.78, 5) is 2.31. The zero-order chi connectivity index (χ0) is 15.9. The van der Waals surface area contributed by atoms with Crippen LogP contribution in [0, 0.1) is 0 Å². The van der Waals surface area contributed by atoms with Crippen molar-refractivity contribution in [1.82, 2.24) is 4.90 Å². The molecule has 0 aromatic heterocycles. The van der Waals surface area contributed by atoms with E-state index in [1.54, 1.807) is 0 Å². The summed E-state index contributed by atoms with van der Waals surface area (Å²) in [5.74, 6) is 0. The summed E-state index contributed by atoms with van der Waals surface area (Å²) in [7, 11) is 0. The van der Waals surface area contributed by atoms with Gasteiger partial charge in [0.2, 0.25) is 0 Å². The second-order valence-corrected chi connectivity index (χ2v) is 6.58. The van der Waals surface area contributed by atoms with Crippen LogP contribution in [0.5, 0.6) is 0 Å². The molecule has 0 bridgehead atoms. The number of anilines is 1. The van der Waals surface area contributed by atoms with Crippen molar-refractivity contribution in [2.45, 2.75) is 37.5 Å². The molecule has 2 aliphatic rings. The number of ether oxygens (including phenoxy) is 2. The first-order chi connectivity index (χ1) is 11.3. The number of likely N-dealkylation sites (tertiary alicyclic amines) is 1. The molecular formula is C18H28N2O3. The third kappa shape index (κ3) is 5.46. The molecule has 2 N–H and O–H groups in total. The van der Waals surface area contributed by atoms with Gasteiger partial charge in [-0.25, -0.2) is 0 Å². The average molecular weight is 320 g/mol. The Morgan fingerprint density at radius 3 is 2.96 bits per heavy atom. The first-order valence-electron chi connectivity index (χ1n) is 8.71. The molecule has 0 radical (unpaired) electrons. The van der Waals surface area contributed by atoms with E-state index in [4.69, 9.17) is 9.47 Å². The third-order valence-electron chi connectivity index (χ3n) is 4.52. The normalized spacial score (nSPS) is 26.5. The molecule has 0 unspecified atom stereocenters. The Balaban J connectivity index is 1.31. The van der Waals surface area contributed by atoms with Crippen molar-refractivity contribution in [1.29, 1.82) is 0 Å². The second-order valence-electron chi connectivity index (χ2n) is 6.58. The van der Waals surface area contributed by atoms with Crippen LogP contribution in [0.2, 0.25) is 0 Å². The van der Waals surface area contributed by atoms with Crippen LogP contribution in [0.1, 0.15) is 19.3 Å². The van der Waals surface area contributed by atoms with Crippen molar-refractivity contribution in [3.05, 3.63) is 30.3 Å². The summed E-state index contributed by atoms with van der Waals surface area (Å²) < 4.78 is 11.1. The van der Waals surface area contributed by atoms with Crippen molar-refractivity contribution in [2.24, 2.45) is 0 Å². The fourth-order valence-corrected chi connectivity index (χ4v) is 3.35. The molecule has 0 saturated carbocycles. The van der Waals surface area contributed by atoms with Gasteiger partial charge in [-0.15, -0.1) is 0 Å². The van der Waals surface area contributed by atoms with Crippen LogP contribution in [0.15, 0.2) is 30.3 Å². The molecule has 1 aromatic rings. The van der Waals surface area contributed by atoms with Crippen molar-refractivity contribution in [2.75, 3.05) is 44.8 Å². The number of rotatable bonds is 8. The number of hydrogen-bond donors (Lipinski definition) is 2. The SMILES string of the molecule is O[C@H](COC[C@@H]1CCCO1)CN1CC[C@@H](Nc2ccccc2)C1. The molecule has 1 aromatic carbocycles. The van der Waals surface area contributed by atoms with E-state index in [2.05, 4.69) is 22.3 Å². The van der Waals surface area contributed by atoms with Gasteiger partial charge in [-0.1, -0.05) is 18.2 Å². The van der Waals surface area contributed by atoms with Crippen LogP contribution >= 0.6 is 0 Å². The van der Waals surface area contributed by atoms with Gasteiger partial charge in [-0.05, 0) is 31.4 Å². The Labute approximate surface area is 138 Å². The molecule has 2 saturated heterocycles. The highest BCUT2D eigenvalue weighted by Crippen LogP contribution is 2.16. The van der Waals surface area contributed by atoms with Crippen LogP contribution in [0.3, 0.4) is 0 Å². The van der Waals surface area contributed by atoms with Crippen LogP contribution in [-0.2, 0) is 9.47 Å². The van der Waals surface area contributed by atoms with E-state index in [-0.39, 0.29) is 6.10 Å². The predicted octanol–water partition coefficient (Wildman–Crippen LogP) is 1.73. The molecule has 3 atom stereocenters. The van der Waals surface area contributed by atoms with E-state index in [1.807, 2.05) is 18.2 Å². The standard InChI is InChI=1S/C18H28N2O3/c21-17(13-22-14-18-7-4-10-23-18)12-20-9-8-16(11-20)19-15-5-2-1-3-6-15/h1-3,5-6,16-19,21H,4,7-14H2/t16-,17+,18+/m1/s1.